The molecule has 0 radical (unpaired) electrons. The van der Waals surface area contributed by atoms with Crippen LogP contribution < -0.4 is 10.3 Å². The molecule has 0 atom stereocenters. The first-order valence-electron chi connectivity index (χ1n) is 6.54. The average molecular weight is 319 g/mol. The van der Waals surface area contributed by atoms with Crippen LogP contribution in [0.15, 0.2) is 23.0 Å². The van der Waals surface area contributed by atoms with Crippen molar-refractivity contribution in [2.24, 2.45) is 0 Å². The second-order valence-corrected chi connectivity index (χ2v) is 4.37. The zero-order chi connectivity index (χ0) is 17.0. The van der Waals surface area contributed by atoms with Gasteiger partial charge in [-0.05, 0) is 30.7 Å². The number of ether oxygens (including phenoxy) is 1. The number of rotatable bonds is 5. The number of nitrogens with one attached hydrogen (secondary N) is 1. The standard InChI is InChI=1S/C14H13N3O6/c1-2-23-10-7-8(3-5-9(10)18)4-6-11-15-13(19)12(17(21)22)14(20)16-11/h3-7,18H,2H2,1H3,(H2,15,16,19,20)/b6-4+. The lowest BCUT2D eigenvalue weighted by molar-refractivity contribution is -0.387. The van der Waals surface area contributed by atoms with Crippen LogP contribution in [-0.4, -0.2) is 31.7 Å². The molecule has 23 heavy (non-hydrogen) atoms. The summed E-state index contributed by atoms with van der Waals surface area (Å²) >= 11 is 0. The first kappa shape index (κ1) is 16.0. The van der Waals surface area contributed by atoms with E-state index in [-0.39, 0.29) is 11.6 Å². The highest BCUT2D eigenvalue weighted by Crippen LogP contribution is 2.27. The maximum Gasteiger partial charge on any atom is 0.395 e. The quantitative estimate of drug-likeness (QED) is 0.562. The number of nitrogens with zero attached hydrogens (tertiary/aromatic N) is 2. The van der Waals surface area contributed by atoms with E-state index in [0.717, 1.165) is 0 Å². The minimum atomic E-state index is -1.05. The Balaban J connectivity index is 2.32. The third-order valence-corrected chi connectivity index (χ3v) is 2.79. The molecule has 1 aromatic carbocycles. The van der Waals surface area contributed by atoms with E-state index < -0.39 is 22.0 Å². The molecule has 3 N–H and O–H groups in total. The van der Waals surface area contributed by atoms with Crippen molar-refractivity contribution < 1.29 is 19.9 Å². The van der Waals surface area contributed by atoms with Crippen molar-refractivity contribution in [2.75, 3.05) is 6.61 Å². The lowest BCUT2D eigenvalue weighted by atomic mass is 10.2. The van der Waals surface area contributed by atoms with Crippen molar-refractivity contribution in [3.05, 3.63) is 50.1 Å². The predicted octanol–water partition coefficient (Wildman–Crippen LogP) is 1.66. The zero-order valence-corrected chi connectivity index (χ0v) is 12.0. The Kier molecular flexibility index (Phi) is 4.60. The Bertz CT molecular complexity index is 828. The summed E-state index contributed by atoms with van der Waals surface area (Å²) in [5.74, 6) is -0.727. The molecule has 0 aliphatic carbocycles. The Hall–Kier alpha value is -3.36. The van der Waals surface area contributed by atoms with E-state index in [2.05, 4.69) is 9.97 Å². The summed E-state index contributed by atoms with van der Waals surface area (Å²) in [6, 6.07) is 4.60. The molecule has 0 spiro atoms. The Morgan fingerprint density at radius 3 is 2.74 bits per heavy atom. The van der Waals surface area contributed by atoms with Gasteiger partial charge in [0.05, 0.1) is 11.5 Å². The van der Waals surface area contributed by atoms with Gasteiger partial charge in [-0.2, -0.15) is 4.98 Å². The van der Waals surface area contributed by atoms with Gasteiger partial charge >= 0.3 is 11.2 Å². The Labute approximate surface area is 129 Å². The van der Waals surface area contributed by atoms with Crippen molar-refractivity contribution in [1.82, 2.24) is 9.97 Å². The number of aromatic hydroxyl groups is 2. The fourth-order valence-electron chi connectivity index (χ4n) is 1.80. The molecular weight excluding hydrogens is 306 g/mol. The summed E-state index contributed by atoms with van der Waals surface area (Å²) in [5, 5.41) is 29.6. The molecule has 9 nitrogen and oxygen atoms in total. The van der Waals surface area contributed by atoms with Crippen molar-refractivity contribution in [3.8, 4) is 17.4 Å². The highest BCUT2D eigenvalue weighted by atomic mass is 16.6. The van der Waals surface area contributed by atoms with Gasteiger partial charge in [-0.15, -0.1) is 0 Å². The molecule has 2 rings (SSSR count). The topological polar surface area (TPSA) is 139 Å². The number of benzene rings is 1. The van der Waals surface area contributed by atoms with Gasteiger partial charge in [0.15, 0.2) is 11.5 Å². The fraction of sp³-hybridized carbons (Fsp3) is 0.143. The number of phenols is 1. The van der Waals surface area contributed by atoms with E-state index in [4.69, 9.17) is 4.74 Å². The van der Waals surface area contributed by atoms with Crippen LogP contribution in [0.4, 0.5) is 5.69 Å². The summed E-state index contributed by atoms with van der Waals surface area (Å²) in [6.07, 6.45) is 2.89. The second kappa shape index (κ2) is 6.60. The van der Waals surface area contributed by atoms with Crippen LogP contribution >= 0.6 is 0 Å². The van der Waals surface area contributed by atoms with E-state index >= 15 is 0 Å². The van der Waals surface area contributed by atoms with E-state index in [9.17, 15) is 25.1 Å². The van der Waals surface area contributed by atoms with Crippen molar-refractivity contribution >= 4 is 17.8 Å². The van der Waals surface area contributed by atoms with Crippen LogP contribution in [0, 0.1) is 10.1 Å². The molecule has 0 aliphatic heterocycles. The van der Waals surface area contributed by atoms with Crippen LogP contribution in [0.3, 0.4) is 0 Å². The molecule has 0 bridgehead atoms. The van der Waals surface area contributed by atoms with Gasteiger partial charge in [-0.25, -0.2) is 0 Å². The minimum absolute atomic E-state index is 0.0106. The Morgan fingerprint density at radius 1 is 1.39 bits per heavy atom. The second-order valence-electron chi connectivity index (χ2n) is 4.37. The van der Waals surface area contributed by atoms with Crippen LogP contribution in [0.2, 0.25) is 0 Å². The van der Waals surface area contributed by atoms with Gasteiger partial charge in [0.2, 0.25) is 0 Å². The molecule has 0 amide bonds. The molecule has 1 heterocycles. The molecule has 2 aromatic rings. The molecule has 0 saturated heterocycles. The van der Waals surface area contributed by atoms with Gasteiger partial charge < -0.3 is 19.9 Å². The minimum Gasteiger partial charge on any atom is -0.504 e. The number of aromatic nitrogens is 2. The summed E-state index contributed by atoms with van der Waals surface area (Å²) < 4.78 is 5.24. The lowest BCUT2D eigenvalue weighted by Crippen LogP contribution is -2.14. The van der Waals surface area contributed by atoms with Crippen LogP contribution in [-0.2, 0) is 0 Å². The SMILES string of the molecule is CCOc1cc(/C=C/c2nc(O)c([N+](=O)[O-])c(=O)[nH]2)ccc1O. The number of H-pyrrole nitrogens is 1. The average Bonchev–Trinajstić information content (AvgIpc) is 2.47. The van der Waals surface area contributed by atoms with Gasteiger partial charge in [0.25, 0.3) is 5.88 Å². The highest BCUT2D eigenvalue weighted by Gasteiger charge is 2.21. The highest BCUT2D eigenvalue weighted by molar-refractivity contribution is 5.68. The van der Waals surface area contributed by atoms with E-state index in [1.54, 1.807) is 19.1 Å². The molecule has 120 valence electrons. The maximum absolute atomic E-state index is 11.5. The van der Waals surface area contributed by atoms with E-state index in [1.807, 2.05) is 0 Å². The monoisotopic (exact) mass is 319 g/mol. The number of phenolic OH excluding ortho intramolecular Hbond substituents is 1. The molecule has 0 fully saturated rings. The first-order chi connectivity index (χ1) is 10.9. The zero-order valence-electron chi connectivity index (χ0n) is 12.0. The molecule has 0 unspecified atom stereocenters. The number of hydrogen-bond donors (Lipinski definition) is 3. The van der Waals surface area contributed by atoms with Crippen molar-refractivity contribution in [1.29, 1.82) is 0 Å². The summed E-state index contributed by atoms with van der Waals surface area (Å²) in [7, 11) is 0. The smallest absolute Gasteiger partial charge is 0.395 e. The van der Waals surface area contributed by atoms with Crippen LogP contribution in [0.25, 0.3) is 12.2 Å². The maximum atomic E-state index is 11.5. The van der Waals surface area contributed by atoms with Crippen LogP contribution in [0.1, 0.15) is 18.3 Å². The molecule has 9 heteroatoms. The third-order valence-electron chi connectivity index (χ3n) is 2.79. The lowest BCUT2D eigenvalue weighted by Gasteiger charge is -2.06. The summed E-state index contributed by atoms with van der Waals surface area (Å²) in [5.41, 5.74) is -1.43. The van der Waals surface area contributed by atoms with Crippen molar-refractivity contribution in [2.45, 2.75) is 6.92 Å². The normalized spacial score (nSPS) is 10.8. The Morgan fingerprint density at radius 2 is 2.13 bits per heavy atom. The predicted molar refractivity (Wildman–Crippen MR) is 81.4 cm³/mol. The number of aromatic amines is 1. The molecule has 1 aromatic heterocycles. The molecule has 0 saturated carbocycles. The summed E-state index contributed by atoms with van der Waals surface area (Å²) in [4.78, 5) is 26.8. The summed E-state index contributed by atoms with van der Waals surface area (Å²) in [6.45, 7) is 2.15. The van der Waals surface area contributed by atoms with Crippen molar-refractivity contribution in [3.63, 3.8) is 0 Å². The van der Waals surface area contributed by atoms with Gasteiger partial charge in [-0.3, -0.25) is 14.9 Å². The van der Waals surface area contributed by atoms with E-state index in [1.165, 1.54) is 18.2 Å². The third kappa shape index (κ3) is 3.64. The van der Waals surface area contributed by atoms with Gasteiger partial charge in [0.1, 0.15) is 5.82 Å². The molecular formula is C14H13N3O6. The van der Waals surface area contributed by atoms with Gasteiger partial charge in [0, 0.05) is 0 Å². The first-order valence-corrected chi connectivity index (χ1v) is 6.54. The fourth-order valence-corrected chi connectivity index (χ4v) is 1.80. The largest absolute Gasteiger partial charge is 0.504 e. The number of nitro groups is 1. The van der Waals surface area contributed by atoms with E-state index in [0.29, 0.717) is 17.9 Å². The van der Waals surface area contributed by atoms with Crippen LogP contribution in [0.5, 0.6) is 17.4 Å². The molecule has 0 aliphatic rings. The van der Waals surface area contributed by atoms with Gasteiger partial charge in [-0.1, -0.05) is 12.1 Å². The number of hydrogen-bond acceptors (Lipinski definition) is 7.